The van der Waals surface area contributed by atoms with Crippen molar-refractivity contribution in [1.82, 2.24) is 0 Å². The SMILES string of the molecule is CC(=O)OC1=C2C(=O)c3ccccc3C(OC(C)=O)=C2C(=O)c2ccccc21. The number of benzene rings is 2. The van der Waals surface area contributed by atoms with Crippen molar-refractivity contribution in [2.75, 3.05) is 0 Å². The van der Waals surface area contributed by atoms with E-state index in [1.165, 1.54) is 13.8 Å². The maximum absolute atomic E-state index is 13.3. The molecular weight excluding hydrogens is 360 g/mol. The van der Waals surface area contributed by atoms with Gasteiger partial charge in [0, 0.05) is 36.1 Å². The molecule has 0 saturated heterocycles. The van der Waals surface area contributed by atoms with Crippen LogP contribution in [-0.2, 0) is 19.1 Å². The second kappa shape index (κ2) is 6.42. The summed E-state index contributed by atoms with van der Waals surface area (Å²) in [5, 5.41) is 0. The number of Topliss-reactive ketones (excluding diaryl/α,β-unsaturated/α-hetero) is 2. The molecule has 2 aliphatic carbocycles. The lowest BCUT2D eigenvalue weighted by atomic mass is 9.76. The molecule has 0 aromatic heterocycles. The van der Waals surface area contributed by atoms with E-state index in [0.29, 0.717) is 11.1 Å². The van der Waals surface area contributed by atoms with Crippen LogP contribution < -0.4 is 0 Å². The van der Waals surface area contributed by atoms with Crippen LogP contribution in [0.15, 0.2) is 59.7 Å². The van der Waals surface area contributed by atoms with Crippen molar-refractivity contribution in [2.45, 2.75) is 13.8 Å². The van der Waals surface area contributed by atoms with E-state index < -0.39 is 23.5 Å². The molecule has 0 fully saturated rings. The fourth-order valence-electron chi connectivity index (χ4n) is 3.46. The fraction of sp³-hybridized carbons (Fsp3) is 0.0909. The molecule has 6 nitrogen and oxygen atoms in total. The maximum atomic E-state index is 13.3. The summed E-state index contributed by atoms with van der Waals surface area (Å²) >= 11 is 0. The van der Waals surface area contributed by atoms with Crippen molar-refractivity contribution in [3.63, 3.8) is 0 Å². The quantitative estimate of drug-likeness (QED) is 0.750. The summed E-state index contributed by atoms with van der Waals surface area (Å²) < 4.78 is 10.7. The molecule has 28 heavy (non-hydrogen) atoms. The third-order valence-corrected chi connectivity index (χ3v) is 4.48. The molecule has 2 aromatic rings. The van der Waals surface area contributed by atoms with Crippen LogP contribution in [0.4, 0.5) is 0 Å². The molecule has 0 saturated carbocycles. The topological polar surface area (TPSA) is 86.7 Å². The zero-order valence-corrected chi connectivity index (χ0v) is 15.1. The highest BCUT2D eigenvalue weighted by molar-refractivity contribution is 6.34. The van der Waals surface area contributed by atoms with Gasteiger partial charge in [0.25, 0.3) is 0 Å². The van der Waals surface area contributed by atoms with E-state index in [1.54, 1.807) is 48.5 Å². The number of hydrogen-bond donors (Lipinski definition) is 0. The van der Waals surface area contributed by atoms with Gasteiger partial charge in [-0.2, -0.15) is 0 Å². The first-order valence-electron chi connectivity index (χ1n) is 8.54. The maximum Gasteiger partial charge on any atom is 0.308 e. The molecule has 0 spiro atoms. The molecule has 0 atom stereocenters. The molecular formula is C22H14O6. The zero-order chi connectivity index (χ0) is 20.0. The molecule has 6 heteroatoms. The second-order valence-corrected chi connectivity index (χ2v) is 6.34. The largest absolute Gasteiger partial charge is 0.425 e. The van der Waals surface area contributed by atoms with E-state index in [0.717, 1.165) is 0 Å². The smallest absolute Gasteiger partial charge is 0.308 e. The van der Waals surface area contributed by atoms with E-state index in [1.807, 2.05) is 0 Å². The van der Waals surface area contributed by atoms with Crippen LogP contribution in [0.5, 0.6) is 0 Å². The fourth-order valence-corrected chi connectivity index (χ4v) is 3.46. The Hall–Kier alpha value is -3.80. The van der Waals surface area contributed by atoms with Gasteiger partial charge in [0.15, 0.2) is 23.1 Å². The van der Waals surface area contributed by atoms with Gasteiger partial charge >= 0.3 is 11.9 Å². The van der Waals surface area contributed by atoms with Crippen LogP contribution in [0.3, 0.4) is 0 Å². The zero-order valence-electron chi connectivity index (χ0n) is 15.1. The number of carbonyl (C=O) groups is 4. The lowest BCUT2D eigenvalue weighted by Crippen LogP contribution is -2.28. The van der Waals surface area contributed by atoms with Crippen LogP contribution in [0.25, 0.3) is 11.5 Å². The van der Waals surface area contributed by atoms with Gasteiger partial charge in [-0.25, -0.2) is 0 Å². The molecule has 0 aliphatic heterocycles. The van der Waals surface area contributed by atoms with Crippen molar-refractivity contribution in [2.24, 2.45) is 0 Å². The Bertz CT molecular complexity index is 1060. The van der Waals surface area contributed by atoms with Gasteiger partial charge in [0.2, 0.25) is 0 Å². The van der Waals surface area contributed by atoms with Crippen LogP contribution in [0.2, 0.25) is 0 Å². The Morgan fingerprint density at radius 1 is 0.607 bits per heavy atom. The molecule has 0 bridgehead atoms. The van der Waals surface area contributed by atoms with E-state index in [-0.39, 0.29) is 33.8 Å². The highest BCUT2D eigenvalue weighted by atomic mass is 16.5. The summed E-state index contributed by atoms with van der Waals surface area (Å²) in [6, 6.07) is 13.0. The number of fused-ring (bicyclic) bond motifs is 3. The number of esters is 2. The summed E-state index contributed by atoms with van der Waals surface area (Å²) in [5.74, 6) is -2.23. The molecule has 138 valence electrons. The Labute approximate surface area is 160 Å². The highest BCUT2D eigenvalue weighted by Gasteiger charge is 2.42. The number of rotatable bonds is 2. The Balaban J connectivity index is 2.15. The molecule has 0 heterocycles. The first-order chi connectivity index (χ1) is 13.4. The molecule has 0 unspecified atom stereocenters. The predicted molar refractivity (Wildman–Crippen MR) is 98.9 cm³/mol. The summed E-state index contributed by atoms with van der Waals surface area (Å²) in [7, 11) is 0. The molecule has 0 N–H and O–H groups in total. The Kier molecular flexibility index (Phi) is 4.04. The monoisotopic (exact) mass is 374 g/mol. The van der Waals surface area contributed by atoms with E-state index >= 15 is 0 Å². The minimum Gasteiger partial charge on any atom is -0.425 e. The van der Waals surface area contributed by atoms with Crippen LogP contribution in [0, 0.1) is 0 Å². The van der Waals surface area contributed by atoms with E-state index in [2.05, 4.69) is 0 Å². The summed E-state index contributed by atoms with van der Waals surface area (Å²) in [6.45, 7) is 2.43. The van der Waals surface area contributed by atoms with Crippen molar-refractivity contribution >= 4 is 35.0 Å². The first-order valence-corrected chi connectivity index (χ1v) is 8.54. The lowest BCUT2D eigenvalue weighted by molar-refractivity contribution is -0.135. The summed E-state index contributed by atoms with van der Waals surface area (Å²) in [6.07, 6.45) is 0. The average Bonchev–Trinajstić information content (AvgIpc) is 2.67. The van der Waals surface area contributed by atoms with Crippen molar-refractivity contribution in [1.29, 1.82) is 0 Å². The third-order valence-electron chi connectivity index (χ3n) is 4.48. The highest BCUT2D eigenvalue weighted by Crippen LogP contribution is 2.44. The van der Waals surface area contributed by atoms with Gasteiger partial charge in [-0.15, -0.1) is 0 Å². The van der Waals surface area contributed by atoms with Gasteiger partial charge in [-0.3, -0.25) is 19.2 Å². The molecule has 2 aromatic carbocycles. The summed E-state index contributed by atoms with van der Waals surface area (Å²) in [5.41, 5.74) is 1.05. The third kappa shape index (κ3) is 2.58. The normalized spacial score (nSPS) is 14.9. The molecule has 2 aliphatic rings. The molecule has 4 rings (SSSR count). The Morgan fingerprint density at radius 3 is 1.25 bits per heavy atom. The minimum absolute atomic E-state index is 0.0122. The standard InChI is InChI=1S/C22H14O6/c1-11(23)27-21-15-9-5-3-7-13(15)20(26)18-17(21)19(25)14-8-4-6-10-16(14)22(18)28-12(2)24/h3-10H,1-2H3. The van der Waals surface area contributed by atoms with Crippen molar-refractivity contribution < 1.29 is 28.7 Å². The van der Waals surface area contributed by atoms with E-state index in [9.17, 15) is 19.2 Å². The van der Waals surface area contributed by atoms with Crippen LogP contribution >= 0.6 is 0 Å². The predicted octanol–water partition coefficient (Wildman–Crippen LogP) is 3.33. The van der Waals surface area contributed by atoms with Crippen LogP contribution in [-0.4, -0.2) is 23.5 Å². The average molecular weight is 374 g/mol. The first kappa shape index (κ1) is 17.6. The van der Waals surface area contributed by atoms with Gasteiger partial charge < -0.3 is 9.47 Å². The van der Waals surface area contributed by atoms with Gasteiger partial charge in [0.05, 0.1) is 11.1 Å². The van der Waals surface area contributed by atoms with Gasteiger partial charge in [0.1, 0.15) is 0 Å². The van der Waals surface area contributed by atoms with Gasteiger partial charge in [-0.05, 0) is 0 Å². The number of hydrogen-bond acceptors (Lipinski definition) is 6. The second-order valence-electron chi connectivity index (χ2n) is 6.34. The Morgan fingerprint density at radius 2 is 0.929 bits per heavy atom. The number of carbonyl (C=O) groups excluding carboxylic acids is 4. The van der Waals surface area contributed by atoms with Crippen LogP contribution in [0.1, 0.15) is 45.7 Å². The van der Waals surface area contributed by atoms with Crippen molar-refractivity contribution in [3.8, 4) is 0 Å². The van der Waals surface area contributed by atoms with Crippen molar-refractivity contribution in [3.05, 3.63) is 81.9 Å². The lowest BCUT2D eigenvalue weighted by Gasteiger charge is -2.28. The minimum atomic E-state index is -0.633. The number of ether oxygens (including phenoxy) is 2. The van der Waals surface area contributed by atoms with Gasteiger partial charge in [-0.1, -0.05) is 48.5 Å². The van der Waals surface area contributed by atoms with E-state index in [4.69, 9.17) is 9.47 Å². The summed E-state index contributed by atoms with van der Waals surface area (Å²) in [4.78, 5) is 50.0. The molecule has 0 amide bonds. The molecule has 0 radical (unpaired) electrons. The number of ketones is 2. The number of allylic oxidation sites excluding steroid dienone is 2.